The summed E-state index contributed by atoms with van der Waals surface area (Å²) in [5, 5.41) is 9.44. The van der Waals surface area contributed by atoms with Crippen molar-refractivity contribution in [2.45, 2.75) is 19.4 Å². The van der Waals surface area contributed by atoms with Crippen LogP contribution < -0.4 is 20.9 Å². The lowest BCUT2D eigenvalue weighted by Gasteiger charge is -2.30. The molecule has 3 aliphatic rings. The Kier molecular flexibility index (Phi) is 4.74. The third-order valence-electron chi connectivity index (χ3n) is 5.41. The molecule has 9 heteroatoms. The summed E-state index contributed by atoms with van der Waals surface area (Å²) in [5.74, 6) is -0.0260. The highest BCUT2D eigenvalue weighted by Crippen LogP contribution is 2.28. The third kappa shape index (κ3) is 3.62. The predicted octanol–water partition coefficient (Wildman–Crippen LogP) is 0.585. The van der Waals surface area contributed by atoms with Gasteiger partial charge in [-0.2, -0.15) is 0 Å². The summed E-state index contributed by atoms with van der Waals surface area (Å²) >= 11 is 0. The third-order valence-corrected chi connectivity index (χ3v) is 5.41. The minimum Gasteiger partial charge on any atom is -0.450 e. The predicted molar refractivity (Wildman–Crippen MR) is 108 cm³/mol. The lowest BCUT2D eigenvalue weighted by atomic mass is 10.2. The average molecular weight is 393 g/mol. The fourth-order valence-corrected chi connectivity index (χ4v) is 3.90. The van der Waals surface area contributed by atoms with Crippen molar-refractivity contribution in [2.24, 2.45) is 0 Å². The van der Waals surface area contributed by atoms with Crippen LogP contribution in [0.2, 0.25) is 0 Å². The number of carbonyl (C=O) groups excluding carboxylic acids is 1. The molecule has 29 heavy (non-hydrogen) atoms. The summed E-state index contributed by atoms with van der Waals surface area (Å²) in [4.78, 5) is 25.5. The Bertz CT molecular complexity index is 917. The maximum absolute atomic E-state index is 12.8. The van der Waals surface area contributed by atoms with E-state index in [4.69, 9.17) is 4.74 Å². The topological polar surface area (TPSA) is 94.7 Å². The molecule has 2 aromatic rings. The number of hydrogen-bond donors (Lipinski definition) is 3. The van der Waals surface area contributed by atoms with Gasteiger partial charge < -0.3 is 25.6 Å². The summed E-state index contributed by atoms with van der Waals surface area (Å²) in [7, 11) is 0. The van der Waals surface area contributed by atoms with Crippen LogP contribution in [0.5, 0.6) is 0 Å². The van der Waals surface area contributed by atoms with E-state index in [1.165, 1.54) is 11.1 Å². The highest BCUT2D eigenvalue weighted by molar-refractivity contribution is 6.04. The van der Waals surface area contributed by atoms with Crippen LogP contribution in [0.25, 0.3) is 0 Å². The molecule has 0 aromatic carbocycles. The Morgan fingerprint density at radius 3 is 2.76 bits per heavy atom. The Morgan fingerprint density at radius 2 is 1.90 bits per heavy atom. The van der Waals surface area contributed by atoms with Gasteiger partial charge in [-0.25, -0.2) is 4.90 Å². The fraction of sp³-hybridized carbons (Fsp3) is 0.350. The highest BCUT2D eigenvalue weighted by atomic mass is 16.5. The van der Waals surface area contributed by atoms with Gasteiger partial charge in [-0.3, -0.25) is 14.8 Å². The number of pyridine rings is 2. The van der Waals surface area contributed by atoms with E-state index in [2.05, 4.69) is 35.7 Å². The molecule has 5 rings (SSSR count). The highest BCUT2D eigenvalue weighted by Gasteiger charge is 2.32. The van der Waals surface area contributed by atoms with Gasteiger partial charge in [0.1, 0.15) is 0 Å². The molecule has 3 aliphatic heterocycles. The molecule has 1 atom stereocenters. The average Bonchev–Trinajstić information content (AvgIpc) is 3.42. The van der Waals surface area contributed by atoms with Gasteiger partial charge in [0, 0.05) is 64.1 Å². The zero-order valence-corrected chi connectivity index (χ0v) is 16.0. The van der Waals surface area contributed by atoms with Gasteiger partial charge in [-0.1, -0.05) is 0 Å². The summed E-state index contributed by atoms with van der Waals surface area (Å²) in [5.41, 5.74) is 4.08. The summed E-state index contributed by atoms with van der Waals surface area (Å²) in [6.45, 7) is 5.11. The van der Waals surface area contributed by atoms with E-state index < -0.39 is 0 Å². The van der Waals surface area contributed by atoms with Crippen molar-refractivity contribution in [1.82, 2.24) is 25.5 Å². The molecular formula is C20H23N7O2. The molecule has 5 heterocycles. The summed E-state index contributed by atoms with van der Waals surface area (Å²) < 4.78 is 5.90. The van der Waals surface area contributed by atoms with Crippen LogP contribution in [0, 0.1) is 0 Å². The first-order valence-corrected chi connectivity index (χ1v) is 9.78. The van der Waals surface area contributed by atoms with E-state index in [-0.39, 0.29) is 18.0 Å². The molecule has 2 aromatic heterocycles. The first-order valence-electron chi connectivity index (χ1n) is 9.78. The second kappa shape index (κ2) is 7.69. The fourth-order valence-electron chi connectivity index (χ4n) is 3.90. The number of aromatic nitrogens is 2. The van der Waals surface area contributed by atoms with Crippen LogP contribution >= 0.6 is 0 Å². The van der Waals surface area contributed by atoms with E-state index in [0.29, 0.717) is 5.69 Å². The van der Waals surface area contributed by atoms with Crippen molar-refractivity contribution < 1.29 is 9.53 Å². The molecule has 0 bridgehead atoms. The number of nitrogens with zero attached hydrogens (tertiary/aromatic N) is 4. The van der Waals surface area contributed by atoms with Gasteiger partial charge in [-0.15, -0.1) is 0 Å². The van der Waals surface area contributed by atoms with Crippen molar-refractivity contribution in [1.29, 1.82) is 0 Å². The number of rotatable bonds is 4. The molecule has 150 valence electrons. The molecule has 1 fully saturated rings. The number of piperazine rings is 1. The molecule has 1 amide bonds. The van der Waals surface area contributed by atoms with Crippen LogP contribution in [-0.4, -0.2) is 53.3 Å². The number of anilines is 2. The second-order valence-electron chi connectivity index (χ2n) is 7.28. The molecule has 9 nitrogen and oxygen atoms in total. The molecule has 0 spiro atoms. The van der Waals surface area contributed by atoms with Crippen LogP contribution in [0.1, 0.15) is 11.1 Å². The number of carbonyl (C=O) groups is 1. The maximum Gasteiger partial charge on any atom is 0.292 e. The van der Waals surface area contributed by atoms with Gasteiger partial charge in [0.15, 0.2) is 0 Å². The van der Waals surface area contributed by atoms with Crippen molar-refractivity contribution in [3.8, 4) is 0 Å². The van der Waals surface area contributed by atoms with Crippen LogP contribution in [0.15, 0.2) is 48.9 Å². The zero-order valence-electron chi connectivity index (χ0n) is 16.0. The minimum absolute atomic E-state index is 0.263. The van der Waals surface area contributed by atoms with Crippen LogP contribution in [-0.2, 0) is 22.6 Å². The number of hydrogen-bond acceptors (Lipinski definition) is 8. The van der Waals surface area contributed by atoms with Gasteiger partial charge in [0.2, 0.25) is 12.1 Å². The number of nitrogens with one attached hydrogen (secondary N) is 3. The molecule has 3 N–H and O–H groups in total. The molecule has 1 saturated heterocycles. The standard InChI is InChI=1S/C20H23N7O2/c28-19(25-16-10-23-4-2-17(16)26-7-5-21-6-8-26)18-11-24-20(29-18)27-12-14-1-3-22-9-15(14)13-27/h1-4,9-11,20-21,24H,5-8,12-13H2,(H,25,28). The van der Waals surface area contributed by atoms with E-state index in [0.717, 1.165) is 45.0 Å². The first-order chi connectivity index (χ1) is 14.3. The zero-order chi connectivity index (χ0) is 19.6. The lowest BCUT2D eigenvalue weighted by molar-refractivity contribution is -0.119. The Morgan fingerprint density at radius 1 is 1.10 bits per heavy atom. The Hall–Kier alpha value is -3.17. The number of ether oxygens (including phenoxy) is 1. The Labute approximate surface area is 168 Å². The van der Waals surface area contributed by atoms with E-state index >= 15 is 0 Å². The first kappa shape index (κ1) is 17.9. The largest absolute Gasteiger partial charge is 0.450 e. The van der Waals surface area contributed by atoms with Gasteiger partial charge in [-0.05, 0) is 23.3 Å². The molecule has 0 radical (unpaired) electrons. The van der Waals surface area contributed by atoms with Gasteiger partial charge in [0.25, 0.3) is 5.91 Å². The number of amides is 1. The van der Waals surface area contributed by atoms with E-state index in [1.807, 2.05) is 18.3 Å². The SMILES string of the molecule is O=C(Nc1cnccc1N1CCNCC1)C1=CNC(N2Cc3ccncc3C2)O1. The second-order valence-corrected chi connectivity index (χ2v) is 7.28. The molecule has 0 saturated carbocycles. The van der Waals surface area contributed by atoms with Crippen molar-refractivity contribution in [3.05, 3.63) is 60.0 Å². The monoisotopic (exact) mass is 393 g/mol. The van der Waals surface area contributed by atoms with Crippen molar-refractivity contribution in [3.63, 3.8) is 0 Å². The van der Waals surface area contributed by atoms with Gasteiger partial charge >= 0.3 is 0 Å². The summed E-state index contributed by atoms with van der Waals surface area (Å²) in [6.07, 6.45) is 8.36. The summed E-state index contributed by atoms with van der Waals surface area (Å²) in [6, 6.07) is 3.95. The molecule has 1 unspecified atom stereocenters. The van der Waals surface area contributed by atoms with Crippen molar-refractivity contribution in [2.75, 3.05) is 36.4 Å². The van der Waals surface area contributed by atoms with Crippen LogP contribution in [0.3, 0.4) is 0 Å². The van der Waals surface area contributed by atoms with E-state index in [9.17, 15) is 4.79 Å². The smallest absolute Gasteiger partial charge is 0.292 e. The maximum atomic E-state index is 12.8. The van der Waals surface area contributed by atoms with Crippen LogP contribution in [0.4, 0.5) is 11.4 Å². The normalized spacial score (nSPS) is 21.2. The molecular weight excluding hydrogens is 370 g/mol. The quantitative estimate of drug-likeness (QED) is 0.695. The number of fused-ring (bicyclic) bond motifs is 1. The van der Waals surface area contributed by atoms with Gasteiger partial charge in [0.05, 0.1) is 17.6 Å². The molecule has 0 aliphatic carbocycles. The minimum atomic E-state index is -0.371. The Balaban J connectivity index is 1.23. The lowest BCUT2D eigenvalue weighted by Crippen LogP contribution is -2.43. The van der Waals surface area contributed by atoms with Crippen molar-refractivity contribution >= 4 is 17.3 Å². The van der Waals surface area contributed by atoms with E-state index in [1.54, 1.807) is 24.8 Å².